The lowest BCUT2D eigenvalue weighted by Gasteiger charge is -2.03. The minimum atomic E-state index is 0.285. The van der Waals surface area contributed by atoms with Gasteiger partial charge in [-0.3, -0.25) is 0 Å². The summed E-state index contributed by atoms with van der Waals surface area (Å²) < 4.78 is 0.847. The lowest BCUT2D eigenvalue weighted by molar-refractivity contribution is 1.28. The van der Waals surface area contributed by atoms with E-state index in [1.165, 1.54) is 20.2 Å². The molecule has 1 unspecified atom stereocenters. The zero-order chi connectivity index (χ0) is 11.0. The highest BCUT2D eigenvalue weighted by Gasteiger charge is 2.15. The van der Waals surface area contributed by atoms with Crippen molar-refractivity contribution in [3.05, 3.63) is 42.7 Å². The molecule has 2 aromatic heterocycles. The summed E-state index contributed by atoms with van der Waals surface area (Å²) in [5, 5.41) is 0. The molecule has 2 heterocycles. The van der Waals surface area contributed by atoms with Crippen molar-refractivity contribution in [2.75, 3.05) is 0 Å². The van der Waals surface area contributed by atoms with Crippen molar-refractivity contribution >= 4 is 50.2 Å². The molecule has 0 radical (unpaired) electrons. The van der Waals surface area contributed by atoms with Crippen molar-refractivity contribution in [1.29, 1.82) is 0 Å². The van der Waals surface area contributed by atoms with Crippen LogP contribution in [-0.2, 0) is 0 Å². The Labute approximate surface area is 111 Å². The molecule has 0 aromatic carbocycles. The topological polar surface area (TPSA) is 0 Å². The van der Waals surface area contributed by atoms with Gasteiger partial charge < -0.3 is 0 Å². The van der Waals surface area contributed by atoms with Crippen LogP contribution in [0.5, 0.6) is 0 Å². The molecule has 4 heteroatoms. The van der Waals surface area contributed by atoms with Gasteiger partial charge in [0.15, 0.2) is 0 Å². The van der Waals surface area contributed by atoms with E-state index in [9.17, 15) is 0 Å². The van der Waals surface area contributed by atoms with E-state index < -0.39 is 0 Å². The lowest BCUT2D eigenvalue weighted by Crippen LogP contribution is -1.83. The fourth-order valence-electron chi connectivity index (χ4n) is 1.33. The molecule has 80 valence electrons. The second-order valence-electron chi connectivity index (χ2n) is 3.39. The molecule has 0 spiro atoms. The summed E-state index contributed by atoms with van der Waals surface area (Å²) in [6.45, 7) is 4.31. The smallest absolute Gasteiger partial charge is 0.0931 e. The Hall–Kier alpha value is 0.170. The van der Waals surface area contributed by atoms with Crippen LogP contribution in [0.1, 0.15) is 25.0 Å². The molecule has 0 saturated heterocycles. The highest BCUT2D eigenvalue weighted by molar-refractivity contribution is 9.09. The number of aryl methyl sites for hydroxylation is 2. The first-order valence-electron chi connectivity index (χ1n) is 4.54. The number of thiophene rings is 2. The van der Waals surface area contributed by atoms with Gasteiger partial charge in [-0.05, 0) is 37.6 Å². The molecule has 0 fully saturated rings. The first-order chi connectivity index (χ1) is 7.08. The molecule has 0 aliphatic rings. The molecule has 2 rings (SSSR count). The number of hydrogen-bond acceptors (Lipinski definition) is 2. The molecule has 0 bridgehead atoms. The van der Waals surface area contributed by atoms with Gasteiger partial charge >= 0.3 is 0 Å². The van der Waals surface area contributed by atoms with Gasteiger partial charge in [0.2, 0.25) is 0 Å². The summed E-state index contributed by atoms with van der Waals surface area (Å²) in [5.41, 5.74) is 1.36. The Morgan fingerprint density at radius 3 is 2.40 bits per heavy atom. The number of rotatable bonds is 2. The molecule has 2 aromatic rings. The van der Waals surface area contributed by atoms with Gasteiger partial charge in [0.1, 0.15) is 0 Å². The number of halogens is 2. The van der Waals surface area contributed by atoms with Crippen LogP contribution in [0.15, 0.2) is 18.2 Å². The largest absolute Gasteiger partial charge is 0.144 e. The van der Waals surface area contributed by atoms with E-state index in [0.29, 0.717) is 0 Å². The van der Waals surface area contributed by atoms with E-state index >= 15 is 0 Å². The first-order valence-corrected chi connectivity index (χ1v) is 7.47. The van der Waals surface area contributed by atoms with Crippen molar-refractivity contribution in [3.63, 3.8) is 0 Å². The van der Waals surface area contributed by atoms with Crippen LogP contribution in [0.25, 0.3) is 0 Å². The molecule has 15 heavy (non-hydrogen) atoms. The lowest BCUT2D eigenvalue weighted by atomic mass is 10.2. The maximum Gasteiger partial charge on any atom is 0.0931 e. The van der Waals surface area contributed by atoms with E-state index in [1.54, 1.807) is 11.3 Å². The molecule has 1 atom stereocenters. The fourth-order valence-corrected chi connectivity index (χ4v) is 4.35. The molecule has 0 aliphatic carbocycles. The second-order valence-corrected chi connectivity index (χ2v) is 7.34. The Morgan fingerprint density at radius 1 is 1.20 bits per heavy atom. The van der Waals surface area contributed by atoms with Gasteiger partial charge in [0.05, 0.1) is 9.16 Å². The Balaban J connectivity index is 2.31. The Morgan fingerprint density at radius 2 is 1.93 bits per heavy atom. The summed E-state index contributed by atoms with van der Waals surface area (Å²) in [7, 11) is 0. The van der Waals surface area contributed by atoms with Crippen LogP contribution >= 0.6 is 50.2 Å². The van der Waals surface area contributed by atoms with Gasteiger partial charge in [0.25, 0.3) is 0 Å². The SMILES string of the molecule is Cc1cc(C(Br)c2ccc(Cl)s2)sc1C. The predicted octanol–water partition coefficient (Wildman–Crippen LogP) is 5.56. The average molecular weight is 322 g/mol. The third-order valence-electron chi connectivity index (χ3n) is 2.28. The van der Waals surface area contributed by atoms with Gasteiger partial charge in [0, 0.05) is 14.6 Å². The maximum absolute atomic E-state index is 5.93. The first kappa shape index (κ1) is 11.6. The third kappa shape index (κ3) is 2.47. The van der Waals surface area contributed by atoms with E-state index in [-0.39, 0.29) is 4.83 Å². The van der Waals surface area contributed by atoms with Gasteiger partial charge in [-0.25, -0.2) is 0 Å². The predicted molar refractivity (Wildman–Crippen MR) is 73.9 cm³/mol. The average Bonchev–Trinajstić information content (AvgIpc) is 2.74. The van der Waals surface area contributed by atoms with Crippen LogP contribution in [0.2, 0.25) is 4.34 Å². The maximum atomic E-state index is 5.93. The number of hydrogen-bond donors (Lipinski definition) is 0. The van der Waals surface area contributed by atoms with Crippen molar-refractivity contribution < 1.29 is 0 Å². The summed E-state index contributed by atoms with van der Waals surface area (Å²) in [6, 6.07) is 6.27. The minimum absolute atomic E-state index is 0.285. The molecular weight excluding hydrogens is 312 g/mol. The normalized spacial score (nSPS) is 13.1. The summed E-state index contributed by atoms with van der Waals surface area (Å²) in [4.78, 5) is 4.29. The molecular formula is C11H10BrClS2. The van der Waals surface area contributed by atoms with E-state index in [2.05, 4.69) is 41.9 Å². The Kier molecular flexibility index (Phi) is 3.56. The summed E-state index contributed by atoms with van der Waals surface area (Å²) in [6.07, 6.45) is 0. The molecule has 0 saturated carbocycles. The molecule has 0 nitrogen and oxygen atoms in total. The van der Waals surface area contributed by atoms with Crippen LogP contribution in [0, 0.1) is 13.8 Å². The highest BCUT2D eigenvalue weighted by Crippen LogP contribution is 2.40. The van der Waals surface area contributed by atoms with Crippen molar-refractivity contribution in [2.45, 2.75) is 18.7 Å². The minimum Gasteiger partial charge on any atom is -0.144 e. The molecule has 0 amide bonds. The van der Waals surface area contributed by atoms with Crippen molar-refractivity contribution in [1.82, 2.24) is 0 Å². The zero-order valence-electron chi connectivity index (χ0n) is 8.38. The second kappa shape index (κ2) is 4.58. The fraction of sp³-hybridized carbons (Fsp3) is 0.273. The quantitative estimate of drug-likeness (QED) is 0.635. The molecule has 0 aliphatic heterocycles. The monoisotopic (exact) mass is 320 g/mol. The number of alkyl halides is 1. The van der Waals surface area contributed by atoms with Gasteiger partial charge in [-0.2, -0.15) is 0 Å². The van der Waals surface area contributed by atoms with Gasteiger partial charge in [-0.15, -0.1) is 22.7 Å². The van der Waals surface area contributed by atoms with Crippen LogP contribution < -0.4 is 0 Å². The third-order valence-corrected chi connectivity index (χ3v) is 6.38. The highest BCUT2D eigenvalue weighted by atomic mass is 79.9. The van der Waals surface area contributed by atoms with Crippen molar-refractivity contribution in [3.8, 4) is 0 Å². The van der Waals surface area contributed by atoms with E-state index in [1.807, 2.05) is 17.4 Å². The van der Waals surface area contributed by atoms with E-state index in [0.717, 1.165) is 4.34 Å². The van der Waals surface area contributed by atoms with Gasteiger partial charge in [-0.1, -0.05) is 27.5 Å². The molecule has 0 N–H and O–H groups in total. The van der Waals surface area contributed by atoms with Crippen LogP contribution in [0.3, 0.4) is 0 Å². The Bertz CT molecular complexity index is 453. The summed E-state index contributed by atoms with van der Waals surface area (Å²) in [5.74, 6) is 0. The van der Waals surface area contributed by atoms with E-state index in [4.69, 9.17) is 11.6 Å². The van der Waals surface area contributed by atoms with Crippen LogP contribution in [0.4, 0.5) is 0 Å². The zero-order valence-corrected chi connectivity index (χ0v) is 12.4. The van der Waals surface area contributed by atoms with Crippen molar-refractivity contribution in [2.24, 2.45) is 0 Å². The summed E-state index contributed by atoms with van der Waals surface area (Å²) >= 11 is 13.1. The van der Waals surface area contributed by atoms with Crippen LogP contribution in [-0.4, -0.2) is 0 Å². The standard InChI is InChI=1S/C11H10BrClS2/c1-6-5-9(14-7(6)2)11(12)8-3-4-10(13)15-8/h3-5,11H,1-2H3.